The van der Waals surface area contributed by atoms with Gasteiger partial charge in [0.15, 0.2) is 5.96 Å². The maximum atomic E-state index is 5.31. The lowest BCUT2D eigenvalue weighted by Gasteiger charge is -2.19. The first-order valence-corrected chi connectivity index (χ1v) is 8.06. The van der Waals surface area contributed by atoms with E-state index in [9.17, 15) is 0 Å². The number of nitrogens with one attached hydrogen (secondary N) is 2. The molecule has 0 atom stereocenters. The van der Waals surface area contributed by atoms with Crippen molar-refractivity contribution in [3.63, 3.8) is 0 Å². The lowest BCUT2D eigenvalue weighted by molar-refractivity contribution is 0.145. The second-order valence-corrected chi connectivity index (χ2v) is 5.09. The van der Waals surface area contributed by atoms with Gasteiger partial charge in [-0.2, -0.15) is 0 Å². The number of benzene rings is 1. The lowest BCUT2D eigenvalue weighted by atomic mass is 10.3. The number of ether oxygens (including phenoxy) is 1. The number of hydrogen-bond acceptors (Lipinski definition) is 3. The molecular weight excluding hydrogens is 403 g/mol. The van der Waals surface area contributed by atoms with Crippen LogP contribution in [0.25, 0.3) is 0 Å². The maximum Gasteiger partial charge on any atom is 0.190 e. The summed E-state index contributed by atoms with van der Waals surface area (Å²) in [5, 5.41) is 6.63. The normalized spacial score (nSPS) is 10.8. The van der Waals surface area contributed by atoms with E-state index in [1.165, 1.54) is 5.69 Å². The molecule has 0 saturated heterocycles. The molecule has 1 aromatic carbocycles. The summed E-state index contributed by atoms with van der Waals surface area (Å²) >= 11 is 0. The van der Waals surface area contributed by atoms with Crippen LogP contribution < -0.4 is 15.5 Å². The Morgan fingerprint density at radius 1 is 1.13 bits per heavy atom. The van der Waals surface area contributed by atoms with Crippen molar-refractivity contribution in [2.45, 2.75) is 19.8 Å². The molecule has 1 aromatic rings. The number of nitrogens with zero attached hydrogens (tertiary/aromatic N) is 2. The molecule has 0 heterocycles. The fourth-order valence-electron chi connectivity index (χ4n) is 2.08. The Morgan fingerprint density at radius 3 is 2.39 bits per heavy atom. The van der Waals surface area contributed by atoms with E-state index in [0.717, 1.165) is 51.6 Å². The zero-order chi connectivity index (χ0) is 16.0. The van der Waals surface area contributed by atoms with Crippen LogP contribution in [0.15, 0.2) is 35.3 Å². The maximum absolute atomic E-state index is 5.31. The number of anilines is 1. The number of halogens is 1. The van der Waals surface area contributed by atoms with E-state index < -0.39 is 0 Å². The highest BCUT2D eigenvalue weighted by atomic mass is 127. The van der Waals surface area contributed by atoms with Crippen molar-refractivity contribution in [1.29, 1.82) is 0 Å². The fraction of sp³-hybridized carbons (Fsp3) is 0.588. The summed E-state index contributed by atoms with van der Waals surface area (Å²) in [6.45, 7) is 6.38. The van der Waals surface area contributed by atoms with Crippen molar-refractivity contribution >= 4 is 35.6 Å². The highest BCUT2D eigenvalue weighted by molar-refractivity contribution is 14.0. The van der Waals surface area contributed by atoms with Crippen molar-refractivity contribution < 1.29 is 4.74 Å². The average molecular weight is 434 g/mol. The number of rotatable bonds is 10. The summed E-state index contributed by atoms with van der Waals surface area (Å²) in [5.41, 5.74) is 1.25. The highest BCUT2D eigenvalue weighted by Crippen LogP contribution is 2.10. The van der Waals surface area contributed by atoms with Gasteiger partial charge >= 0.3 is 0 Å². The van der Waals surface area contributed by atoms with Gasteiger partial charge in [0.2, 0.25) is 0 Å². The third-order valence-corrected chi connectivity index (χ3v) is 3.35. The van der Waals surface area contributed by atoms with E-state index in [2.05, 4.69) is 51.8 Å². The van der Waals surface area contributed by atoms with Crippen LogP contribution in [0.3, 0.4) is 0 Å². The van der Waals surface area contributed by atoms with Gasteiger partial charge in [-0.3, -0.25) is 4.99 Å². The first-order chi connectivity index (χ1) is 10.8. The number of aliphatic imine (C=N–C) groups is 1. The molecule has 0 aliphatic rings. The first kappa shape index (κ1) is 22.0. The van der Waals surface area contributed by atoms with E-state index in [1.54, 1.807) is 7.05 Å². The Hall–Kier alpha value is -1.02. The standard InChI is InChI=1S/C17H30N4O.HI/c1-4-22-15-9-13-20-17(18-2)19-12-8-14-21(3)16-10-6-5-7-11-16;/h5-7,10-11H,4,8-9,12-15H2,1-3H3,(H2,18,19,20);1H. The molecule has 2 N–H and O–H groups in total. The topological polar surface area (TPSA) is 48.9 Å². The smallest absolute Gasteiger partial charge is 0.190 e. The van der Waals surface area contributed by atoms with Crippen LogP contribution >= 0.6 is 24.0 Å². The van der Waals surface area contributed by atoms with Gasteiger partial charge in [0.25, 0.3) is 0 Å². The van der Waals surface area contributed by atoms with Crippen LogP contribution in [0.2, 0.25) is 0 Å². The summed E-state index contributed by atoms with van der Waals surface area (Å²) < 4.78 is 5.31. The van der Waals surface area contributed by atoms with Crippen molar-refractivity contribution in [2.24, 2.45) is 4.99 Å². The van der Waals surface area contributed by atoms with Gasteiger partial charge in [-0.05, 0) is 31.9 Å². The molecule has 0 aromatic heterocycles. The van der Waals surface area contributed by atoms with E-state index in [4.69, 9.17) is 4.74 Å². The minimum atomic E-state index is 0. The molecule has 0 amide bonds. The Balaban J connectivity index is 0.00000484. The van der Waals surface area contributed by atoms with Gasteiger partial charge < -0.3 is 20.3 Å². The molecule has 0 saturated carbocycles. The first-order valence-electron chi connectivity index (χ1n) is 8.06. The number of guanidine groups is 1. The van der Waals surface area contributed by atoms with Crippen LogP contribution in [-0.2, 0) is 4.74 Å². The monoisotopic (exact) mass is 434 g/mol. The molecule has 132 valence electrons. The quantitative estimate of drug-likeness (QED) is 0.257. The fourth-order valence-corrected chi connectivity index (χ4v) is 2.08. The molecule has 1 rings (SSSR count). The Bertz CT molecular complexity index is 414. The Morgan fingerprint density at radius 2 is 1.78 bits per heavy atom. The molecule has 0 radical (unpaired) electrons. The predicted octanol–water partition coefficient (Wildman–Crippen LogP) is 2.72. The molecule has 0 aliphatic heterocycles. The molecule has 6 heteroatoms. The third-order valence-electron chi connectivity index (χ3n) is 3.35. The van der Waals surface area contributed by atoms with Crippen LogP contribution in [0.4, 0.5) is 5.69 Å². The molecule has 5 nitrogen and oxygen atoms in total. The molecular formula is C17H31IN4O. The van der Waals surface area contributed by atoms with Gasteiger partial charge in [-0.1, -0.05) is 18.2 Å². The SMILES string of the molecule is CCOCCCNC(=NC)NCCCN(C)c1ccccc1.I. The van der Waals surface area contributed by atoms with Crippen molar-refractivity contribution in [1.82, 2.24) is 10.6 Å². The molecule has 0 fully saturated rings. The zero-order valence-corrected chi connectivity index (χ0v) is 16.9. The molecule has 0 spiro atoms. The molecule has 23 heavy (non-hydrogen) atoms. The number of hydrogen-bond donors (Lipinski definition) is 2. The Labute approximate surface area is 157 Å². The average Bonchev–Trinajstić information content (AvgIpc) is 2.57. The largest absolute Gasteiger partial charge is 0.382 e. The number of para-hydroxylation sites is 1. The predicted molar refractivity (Wildman–Crippen MR) is 110 cm³/mol. The van der Waals surface area contributed by atoms with E-state index in [-0.39, 0.29) is 24.0 Å². The second-order valence-electron chi connectivity index (χ2n) is 5.09. The minimum Gasteiger partial charge on any atom is -0.382 e. The second kappa shape index (κ2) is 14.6. The lowest BCUT2D eigenvalue weighted by Crippen LogP contribution is -2.39. The summed E-state index contributed by atoms with van der Waals surface area (Å²) in [7, 11) is 3.92. The van der Waals surface area contributed by atoms with Gasteiger partial charge in [0, 0.05) is 52.6 Å². The van der Waals surface area contributed by atoms with Crippen LogP contribution in [-0.4, -0.2) is 52.9 Å². The van der Waals surface area contributed by atoms with Crippen molar-refractivity contribution in [2.75, 3.05) is 51.8 Å². The molecule has 0 bridgehead atoms. The van der Waals surface area contributed by atoms with Crippen molar-refractivity contribution in [3.05, 3.63) is 30.3 Å². The van der Waals surface area contributed by atoms with Gasteiger partial charge in [-0.25, -0.2) is 0 Å². The molecule has 0 unspecified atom stereocenters. The Kier molecular flexibility index (Phi) is 13.9. The third kappa shape index (κ3) is 10.4. The van der Waals surface area contributed by atoms with Gasteiger partial charge in [0.1, 0.15) is 0 Å². The van der Waals surface area contributed by atoms with Crippen LogP contribution in [0.1, 0.15) is 19.8 Å². The van der Waals surface area contributed by atoms with E-state index >= 15 is 0 Å². The zero-order valence-electron chi connectivity index (χ0n) is 14.5. The summed E-state index contributed by atoms with van der Waals surface area (Å²) in [4.78, 5) is 6.48. The van der Waals surface area contributed by atoms with Gasteiger partial charge in [-0.15, -0.1) is 24.0 Å². The van der Waals surface area contributed by atoms with Crippen LogP contribution in [0.5, 0.6) is 0 Å². The van der Waals surface area contributed by atoms with Gasteiger partial charge in [0.05, 0.1) is 0 Å². The van der Waals surface area contributed by atoms with Crippen molar-refractivity contribution in [3.8, 4) is 0 Å². The minimum absolute atomic E-state index is 0. The van der Waals surface area contributed by atoms with Crippen LogP contribution in [0, 0.1) is 0 Å². The van der Waals surface area contributed by atoms with E-state index in [0.29, 0.717) is 0 Å². The summed E-state index contributed by atoms with van der Waals surface area (Å²) in [6, 6.07) is 10.4. The summed E-state index contributed by atoms with van der Waals surface area (Å²) in [6.07, 6.45) is 2.05. The molecule has 0 aliphatic carbocycles. The van der Waals surface area contributed by atoms with E-state index in [1.807, 2.05) is 13.0 Å². The highest BCUT2D eigenvalue weighted by Gasteiger charge is 2.00. The summed E-state index contributed by atoms with van der Waals surface area (Å²) in [5.74, 6) is 0.860.